The van der Waals surface area contributed by atoms with Gasteiger partial charge in [-0.15, -0.1) is 0 Å². The molecule has 2 atom stereocenters. The highest BCUT2D eigenvalue weighted by Crippen LogP contribution is 2.08. The Morgan fingerprint density at radius 1 is 0.645 bits per heavy atom. The molecular weight excluding hydrogens is 392 g/mol. The predicted octanol–water partition coefficient (Wildman–Crippen LogP) is 2.84. The second-order valence-electron chi connectivity index (χ2n) is 7.17. The van der Waals surface area contributed by atoms with Gasteiger partial charge >= 0.3 is 5.97 Å². The van der Waals surface area contributed by atoms with Crippen LogP contribution in [0.3, 0.4) is 0 Å². The number of carbonyl (C=O) groups excluding carboxylic acids is 2. The van der Waals surface area contributed by atoms with Crippen molar-refractivity contribution in [2.45, 2.75) is 24.9 Å². The summed E-state index contributed by atoms with van der Waals surface area (Å²) in [4.78, 5) is 37.4. The third-order valence-electron chi connectivity index (χ3n) is 4.84. The molecule has 158 valence electrons. The number of amides is 2. The number of carboxylic acid groups (broad SMARTS) is 1. The summed E-state index contributed by atoms with van der Waals surface area (Å²) in [6.45, 7) is 0. The van der Waals surface area contributed by atoms with E-state index in [1.54, 1.807) is 42.5 Å². The van der Waals surface area contributed by atoms with Gasteiger partial charge in [-0.05, 0) is 23.3 Å². The van der Waals surface area contributed by atoms with Gasteiger partial charge in [0.15, 0.2) is 0 Å². The molecule has 0 aliphatic carbocycles. The molecule has 0 unspecified atom stereocenters. The van der Waals surface area contributed by atoms with Crippen molar-refractivity contribution in [3.05, 3.63) is 108 Å². The minimum atomic E-state index is -1.13. The van der Waals surface area contributed by atoms with E-state index in [-0.39, 0.29) is 12.8 Å². The van der Waals surface area contributed by atoms with Gasteiger partial charge in [0.2, 0.25) is 5.91 Å². The van der Waals surface area contributed by atoms with Crippen molar-refractivity contribution in [1.82, 2.24) is 10.6 Å². The number of rotatable bonds is 9. The van der Waals surface area contributed by atoms with E-state index in [0.717, 1.165) is 11.1 Å². The minimum absolute atomic E-state index is 0.145. The first-order valence-electron chi connectivity index (χ1n) is 10.00. The maximum Gasteiger partial charge on any atom is 0.326 e. The summed E-state index contributed by atoms with van der Waals surface area (Å²) in [5.74, 6) is -2.08. The largest absolute Gasteiger partial charge is 0.480 e. The van der Waals surface area contributed by atoms with E-state index in [0.29, 0.717) is 5.56 Å². The van der Waals surface area contributed by atoms with E-state index in [2.05, 4.69) is 10.6 Å². The standard InChI is InChI=1S/C25H24N2O4/c28-23(20-14-8-3-9-15-20)26-21(16-18-10-4-1-5-11-18)24(29)27-22(25(30)31)17-19-12-6-2-7-13-19/h1-15,21-22H,16-17H2,(H,26,28)(H,27,29)(H,30,31)/t21-,22+/m0/s1. The van der Waals surface area contributed by atoms with Crippen LogP contribution in [0.5, 0.6) is 0 Å². The highest BCUT2D eigenvalue weighted by atomic mass is 16.4. The third kappa shape index (κ3) is 6.54. The minimum Gasteiger partial charge on any atom is -0.480 e. The van der Waals surface area contributed by atoms with Gasteiger partial charge in [-0.3, -0.25) is 9.59 Å². The lowest BCUT2D eigenvalue weighted by atomic mass is 10.0. The fourth-order valence-corrected chi connectivity index (χ4v) is 3.21. The molecule has 0 radical (unpaired) electrons. The van der Waals surface area contributed by atoms with Crippen LogP contribution in [0, 0.1) is 0 Å². The van der Waals surface area contributed by atoms with Crippen LogP contribution < -0.4 is 10.6 Å². The lowest BCUT2D eigenvalue weighted by Crippen LogP contribution is -2.53. The summed E-state index contributed by atoms with van der Waals surface area (Å²) in [5.41, 5.74) is 2.07. The van der Waals surface area contributed by atoms with E-state index in [4.69, 9.17) is 0 Å². The molecule has 0 saturated heterocycles. The second-order valence-corrected chi connectivity index (χ2v) is 7.17. The average Bonchev–Trinajstić information content (AvgIpc) is 2.80. The molecule has 31 heavy (non-hydrogen) atoms. The van der Waals surface area contributed by atoms with Crippen LogP contribution in [0.2, 0.25) is 0 Å². The Labute approximate surface area is 180 Å². The Balaban J connectivity index is 1.76. The van der Waals surface area contributed by atoms with E-state index in [1.165, 1.54) is 0 Å². The lowest BCUT2D eigenvalue weighted by Gasteiger charge is -2.22. The molecular formula is C25H24N2O4. The van der Waals surface area contributed by atoms with Crippen LogP contribution >= 0.6 is 0 Å². The first-order chi connectivity index (χ1) is 15.0. The molecule has 6 heteroatoms. The molecule has 3 aromatic rings. The fourth-order valence-electron chi connectivity index (χ4n) is 3.21. The summed E-state index contributed by atoms with van der Waals surface area (Å²) < 4.78 is 0. The predicted molar refractivity (Wildman–Crippen MR) is 118 cm³/mol. The maximum absolute atomic E-state index is 13.0. The zero-order valence-electron chi connectivity index (χ0n) is 16.9. The Kier molecular flexibility index (Phi) is 7.54. The highest BCUT2D eigenvalue weighted by molar-refractivity contribution is 5.98. The Hall–Kier alpha value is -3.93. The average molecular weight is 416 g/mol. The number of hydrogen-bond donors (Lipinski definition) is 3. The van der Waals surface area contributed by atoms with Gasteiger partial charge in [0.25, 0.3) is 5.91 Å². The number of carbonyl (C=O) groups is 3. The first kappa shape index (κ1) is 21.8. The van der Waals surface area contributed by atoms with Gasteiger partial charge in [0.05, 0.1) is 0 Å². The quantitative estimate of drug-likeness (QED) is 0.500. The molecule has 0 aliphatic heterocycles. The molecule has 3 N–H and O–H groups in total. The topological polar surface area (TPSA) is 95.5 Å². The summed E-state index contributed by atoms with van der Waals surface area (Å²) in [7, 11) is 0. The van der Waals surface area contributed by atoms with Crippen LogP contribution in [-0.4, -0.2) is 35.0 Å². The molecule has 6 nitrogen and oxygen atoms in total. The zero-order chi connectivity index (χ0) is 22.1. The molecule has 3 aromatic carbocycles. The van der Waals surface area contributed by atoms with Crippen LogP contribution in [0.25, 0.3) is 0 Å². The summed E-state index contributed by atoms with van der Waals surface area (Å²) in [6, 6.07) is 24.9. The molecule has 0 bridgehead atoms. The number of benzene rings is 3. The van der Waals surface area contributed by atoms with E-state index >= 15 is 0 Å². The lowest BCUT2D eigenvalue weighted by molar-refractivity contribution is -0.142. The Morgan fingerprint density at radius 2 is 1.10 bits per heavy atom. The number of carboxylic acids is 1. The molecule has 0 aromatic heterocycles. The molecule has 0 aliphatic rings. The van der Waals surface area contributed by atoms with E-state index < -0.39 is 29.9 Å². The first-order valence-corrected chi connectivity index (χ1v) is 10.00. The van der Waals surface area contributed by atoms with Crippen molar-refractivity contribution in [1.29, 1.82) is 0 Å². The highest BCUT2D eigenvalue weighted by Gasteiger charge is 2.27. The zero-order valence-corrected chi connectivity index (χ0v) is 16.9. The molecule has 2 amide bonds. The van der Waals surface area contributed by atoms with Crippen molar-refractivity contribution < 1.29 is 19.5 Å². The molecule has 3 rings (SSSR count). The Bertz CT molecular complexity index is 1010. The van der Waals surface area contributed by atoms with Gasteiger partial charge in [-0.2, -0.15) is 0 Å². The van der Waals surface area contributed by atoms with Gasteiger partial charge in [0.1, 0.15) is 12.1 Å². The molecule has 0 spiro atoms. The second kappa shape index (κ2) is 10.7. The van der Waals surface area contributed by atoms with Crippen LogP contribution in [0.4, 0.5) is 0 Å². The number of aliphatic carboxylic acids is 1. The van der Waals surface area contributed by atoms with Crippen molar-refractivity contribution in [3.63, 3.8) is 0 Å². The van der Waals surface area contributed by atoms with Gasteiger partial charge in [-0.1, -0.05) is 78.9 Å². The summed E-state index contributed by atoms with van der Waals surface area (Å²) in [5, 5.41) is 14.9. The normalized spacial score (nSPS) is 12.4. The third-order valence-corrected chi connectivity index (χ3v) is 4.84. The molecule has 0 saturated carbocycles. The van der Waals surface area contributed by atoms with Crippen molar-refractivity contribution in [2.75, 3.05) is 0 Å². The molecule has 0 heterocycles. The monoisotopic (exact) mass is 416 g/mol. The van der Waals surface area contributed by atoms with Gasteiger partial charge in [0, 0.05) is 18.4 Å². The molecule has 0 fully saturated rings. The van der Waals surface area contributed by atoms with Gasteiger partial charge < -0.3 is 15.7 Å². The summed E-state index contributed by atoms with van der Waals surface area (Å²) >= 11 is 0. The Morgan fingerprint density at radius 3 is 1.58 bits per heavy atom. The van der Waals surface area contributed by atoms with E-state index in [9.17, 15) is 19.5 Å². The maximum atomic E-state index is 13.0. The number of nitrogens with one attached hydrogen (secondary N) is 2. The van der Waals surface area contributed by atoms with Gasteiger partial charge in [-0.25, -0.2) is 4.79 Å². The van der Waals surface area contributed by atoms with Crippen LogP contribution in [0.1, 0.15) is 21.5 Å². The number of hydrogen-bond acceptors (Lipinski definition) is 3. The van der Waals surface area contributed by atoms with Crippen LogP contribution in [-0.2, 0) is 22.4 Å². The van der Waals surface area contributed by atoms with Crippen LogP contribution in [0.15, 0.2) is 91.0 Å². The van der Waals surface area contributed by atoms with Crippen molar-refractivity contribution in [2.24, 2.45) is 0 Å². The SMILES string of the molecule is O=C(N[C@@H](Cc1ccccc1)C(=O)N[C@H](Cc1ccccc1)C(=O)O)c1ccccc1. The smallest absolute Gasteiger partial charge is 0.326 e. The fraction of sp³-hybridized carbons (Fsp3) is 0.160. The van der Waals surface area contributed by atoms with Crippen molar-refractivity contribution >= 4 is 17.8 Å². The summed E-state index contributed by atoms with van der Waals surface area (Å²) in [6.07, 6.45) is 0.384. The van der Waals surface area contributed by atoms with Crippen molar-refractivity contribution in [3.8, 4) is 0 Å². The van der Waals surface area contributed by atoms with E-state index in [1.807, 2.05) is 48.5 Å².